The maximum Gasteiger partial charge on any atom is 0.418 e. The molecule has 0 saturated heterocycles. The van der Waals surface area contributed by atoms with Gasteiger partial charge in [-0.3, -0.25) is 9.88 Å². The highest BCUT2D eigenvalue weighted by molar-refractivity contribution is 5.92. The number of halogens is 3. The number of pyridine rings is 1. The summed E-state index contributed by atoms with van der Waals surface area (Å²) in [4.78, 5) is 16.4. The fourth-order valence-corrected chi connectivity index (χ4v) is 5.46. The summed E-state index contributed by atoms with van der Waals surface area (Å²) in [6.07, 6.45) is 7.45. The van der Waals surface area contributed by atoms with Crippen LogP contribution in [0, 0.1) is 6.92 Å². The minimum absolute atomic E-state index is 0.101. The van der Waals surface area contributed by atoms with E-state index in [4.69, 9.17) is 9.97 Å². The molecule has 0 unspecified atom stereocenters. The van der Waals surface area contributed by atoms with Gasteiger partial charge in [0.1, 0.15) is 11.6 Å². The number of hydrogen-bond donors (Lipinski definition) is 1. The number of hydrogen-bond acceptors (Lipinski definition) is 5. The zero-order valence-corrected chi connectivity index (χ0v) is 26.0. The SMILES string of the molecule is C=CCCCCN(CCCCCC)Cc1nc(NCCc2ccccc2C)c2ccc(-c3ncccc3C(F)(F)F)cc2n1. The largest absolute Gasteiger partial charge is 0.418 e. The molecule has 234 valence electrons. The number of nitrogens with zero attached hydrogens (tertiary/aromatic N) is 4. The molecule has 0 aliphatic heterocycles. The number of aryl methyl sites for hydroxylation is 1. The molecule has 0 saturated carbocycles. The third-order valence-electron chi connectivity index (χ3n) is 7.90. The van der Waals surface area contributed by atoms with Gasteiger partial charge in [-0.05, 0) is 87.5 Å². The third kappa shape index (κ3) is 9.36. The Bertz CT molecular complexity index is 1500. The van der Waals surface area contributed by atoms with Gasteiger partial charge in [-0.15, -0.1) is 6.58 Å². The van der Waals surface area contributed by atoms with Crippen molar-refractivity contribution in [3.05, 3.63) is 96.0 Å². The molecule has 8 heteroatoms. The average molecular weight is 604 g/mol. The van der Waals surface area contributed by atoms with Gasteiger partial charge in [-0.1, -0.05) is 62.6 Å². The Hall–Kier alpha value is -3.78. The number of benzene rings is 2. The molecular formula is C36H44F3N5. The van der Waals surface area contributed by atoms with E-state index in [1.54, 1.807) is 18.2 Å². The average Bonchev–Trinajstić information content (AvgIpc) is 3.01. The zero-order valence-electron chi connectivity index (χ0n) is 26.0. The van der Waals surface area contributed by atoms with Gasteiger partial charge < -0.3 is 5.32 Å². The number of unbranched alkanes of at least 4 members (excludes halogenated alkanes) is 5. The fraction of sp³-hybridized carbons (Fsp3) is 0.417. The predicted molar refractivity (Wildman–Crippen MR) is 175 cm³/mol. The van der Waals surface area contributed by atoms with Crippen molar-refractivity contribution in [1.82, 2.24) is 19.9 Å². The molecular weight excluding hydrogens is 559 g/mol. The summed E-state index contributed by atoms with van der Waals surface area (Å²) in [5.74, 6) is 1.35. The fourth-order valence-electron chi connectivity index (χ4n) is 5.46. The molecule has 2 aromatic carbocycles. The molecule has 0 bridgehead atoms. The topological polar surface area (TPSA) is 53.9 Å². The predicted octanol–water partition coefficient (Wildman–Crippen LogP) is 9.41. The second-order valence-electron chi connectivity index (χ2n) is 11.3. The standard InChI is InChI=1S/C36H44F3N5/c1-4-6-8-12-23-44(24-13-9-7-5-2)26-33-42-32-25-29(34-31(36(37,38)39)17-14-21-40-34)18-19-30(32)35(43-33)41-22-20-28-16-11-10-15-27(28)3/h4,10-11,14-19,21,25H,1,5-9,12-13,20,22-24,26H2,2-3H3,(H,41,42,43). The van der Waals surface area contributed by atoms with E-state index < -0.39 is 11.7 Å². The quantitative estimate of drug-likeness (QED) is 0.0963. The molecule has 4 aromatic rings. The Morgan fingerprint density at radius 1 is 0.932 bits per heavy atom. The minimum atomic E-state index is -4.51. The minimum Gasteiger partial charge on any atom is -0.369 e. The molecule has 4 rings (SSSR count). The molecule has 0 spiro atoms. The lowest BCUT2D eigenvalue weighted by Gasteiger charge is -2.22. The van der Waals surface area contributed by atoms with E-state index in [-0.39, 0.29) is 5.69 Å². The Morgan fingerprint density at radius 2 is 1.73 bits per heavy atom. The normalized spacial score (nSPS) is 11.8. The lowest BCUT2D eigenvalue weighted by atomic mass is 10.0. The van der Waals surface area contributed by atoms with E-state index in [1.165, 1.54) is 42.7 Å². The molecule has 0 fully saturated rings. The van der Waals surface area contributed by atoms with Crippen LogP contribution in [-0.2, 0) is 19.1 Å². The number of alkyl halides is 3. The van der Waals surface area contributed by atoms with Crippen LogP contribution in [0.25, 0.3) is 22.2 Å². The first-order valence-corrected chi connectivity index (χ1v) is 15.7. The molecule has 0 radical (unpaired) electrons. The van der Waals surface area contributed by atoms with Crippen LogP contribution in [-0.4, -0.2) is 39.5 Å². The second kappa shape index (κ2) is 16.3. The number of anilines is 1. The lowest BCUT2D eigenvalue weighted by molar-refractivity contribution is -0.137. The van der Waals surface area contributed by atoms with E-state index in [1.807, 2.05) is 18.2 Å². The molecule has 0 atom stereocenters. The van der Waals surface area contributed by atoms with Crippen molar-refractivity contribution >= 4 is 16.7 Å². The van der Waals surface area contributed by atoms with Gasteiger partial charge in [0, 0.05) is 23.7 Å². The van der Waals surface area contributed by atoms with Crippen molar-refractivity contribution in [3.63, 3.8) is 0 Å². The highest BCUT2D eigenvalue weighted by atomic mass is 19.4. The van der Waals surface area contributed by atoms with Gasteiger partial charge in [-0.25, -0.2) is 9.97 Å². The summed E-state index contributed by atoms with van der Waals surface area (Å²) >= 11 is 0. The van der Waals surface area contributed by atoms with Crippen molar-refractivity contribution in [1.29, 1.82) is 0 Å². The summed E-state index contributed by atoms with van der Waals surface area (Å²) in [6, 6.07) is 15.9. The summed E-state index contributed by atoms with van der Waals surface area (Å²) < 4.78 is 41.5. The molecule has 0 aliphatic carbocycles. The maximum absolute atomic E-state index is 13.8. The van der Waals surface area contributed by atoms with Crippen molar-refractivity contribution in [2.24, 2.45) is 0 Å². The van der Waals surface area contributed by atoms with Crippen LogP contribution in [0.15, 0.2) is 73.4 Å². The van der Waals surface area contributed by atoms with Crippen LogP contribution < -0.4 is 5.32 Å². The lowest BCUT2D eigenvalue weighted by Crippen LogP contribution is -2.27. The van der Waals surface area contributed by atoms with E-state index in [2.05, 4.69) is 47.8 Å². The van der Waals surface area contributed by atoms with Gasteiger partial charge in [0.25, 0.3) is 0 Å². The summed E-state index contributed by atoms with van der Waals surface area (Å²) in [5.41, 5.74) is 2.61. The van der Waals surface area contributed by atoms with Gasteiger partial charge in [0.2, 0.25) is 0 Å². The van der Waals surface area contributed by atoms with Crippen LogP contribution in [0.5, 0.6) is 0 Å². The number of aromatic nitrogens is 3. The maximum atomic E-state index is 13.8. The number of allylic oxidation sites excluding steroid dienone is 1. The van der Waals surface area contributed by atoms with E-state index >= 15 is 0 Å². The Labute approximate surface area is 259 Å². The van der Waals surface area contributed by atoms with Crippen LogP contribution in [0.4, 0.5) is 19.0 Å². The smallest absolute Gasteiger partial charge is 0.369 e. The number of rotatable bonds is 17. The van der Waals surface area contributed by atoms with Crippen LogP contribution in [0.2, 0.25) is 0 Å². The van der Waals surface area contributed by atoms with Gasteiger partial charge in [-0.2, -0.15) is 13.2 Å². The highest BCUT2D eigenvalue weighted by Crippen LogP contribution is 2.37. The van der Waals surface area contributed by atoms with E-state index in [0.29, 0.717) is 35.8 Å². The zero-order chi connectivity index (χ0) is 31.4. The number of nitrogens with one attached hydrogen (secondary N) is 1. The van der Waals surface area contributed by atoms with Crippen LogP contribution >= 0.6 is 0 Å². The van der Waals surface area contributed by atoms with E-state index in [0.717, 1.165) is 56.6 Å². The Kier molecular flexibility index (Phi) is 12.3. The first-order chi connectivity index (χ1) is 21.3. The van der Waals surface area contributed by atoms with Crippen molar-refractivity contribution in [3.8, 4) is 11.3 Å². The molecule has 1 N–H and O–H groups in total. The van der Waals surface area contributed by atoms with Gasteiger partial charge in [0.15, 0.2) is 0 Å². The third-order valence-corrected chi connectivity index (χ3v) is 7.90. The monoisotopic (exact) mass is 603 g/mol. The summed E-state index contributed by atoms with van der Waals surface area (Å²) in [7, 11) is 0. The van der Waals surface area contributed by atoms with E-state index in [9.17, 15) is 13.2 Å². The molecule has 44 heavy (non-hydrogen) atoms. The Balaban J connectivity index is 1.67. The van der Waals surface area contributed by atoms with Crippen molar-refractivity contribution < 1.29 is 13.2 Å². The first kappa shape index (κ1) is 33.1. The Morgan fingerprint density at radius 3 is 2.48 bits per heavy atom. The summed E-state index contributed by atoms with van der Waals surface area (Å²) in [5, 5.41) is 4.29. The second-order valence-corrected chi connectivity index (χ2v) is 11.3. The molecule has 2 heterocycles. The molecule has 5 nitrogen and oxygen atoms in total. The van der Waals surface area contributed by atoms with Crippen LogP contribution in [0.1, 0.15) is 74.4 Å². The molecule has 0 amide bonds. The van der Waals surface area contributed by atoms with Crippen molar-refractivity contribution in [2.75, 3.05) is 25.0 Å². The highest BCUT2D eigenvalue weighted by Gasteiger charge is 2.34. The molecule has 0 aliphatic rings. The van der Waals surface area contributed by atoms with Crippen molar-refractivity contribution in [2.45, 2.75) is 77.9 Å². The molecule has 2 aromatic heterocycles. The van der Waals surface area contributed by atoms with Gasteiger partial charge >= 0.3 is 6.18 Å². The van der Waals surface area contributed by atoms with Gasteiger partial charge in [0.05, 0.1) is 23.3 Å². The number of fused-ring (bicyclic) bond motifs is 1. The summed E-state index contributed by atoms with van der Waals surface area (Å²) in [6.45, 7) is 11.3. The first-order valence-electron chi connectivity index (χ1n) is 15.7. The van der Waals surface area contributed by atoms with Crippen LogP contribution in [0.3, 0.4) is 0 Å².